The molecule has 0 bridgehead atoms. The van der Waals surface area contributed by atoms with Crippen molar-refractivity contribution in [3.05, 3.63) is 59.5 Å². The molecule has 0 saturated carbocycles. The third-order valence-corrected chi connectivity index (χ3v) is 3.84. The number of nitrogens with one attached hydrogen (secondary N) is 2. The number of carbonyl (C=O) groups excluding carboxylic acids is 2. The van der Waals surface area contributed by atoms with Crippen molar-refractivity contribution in [1.29, 1.82) is 0 Å². The number of aryl methyl sites for hydroxylation is 1. The largest absolute Gasteiger partial charge is 0.467 e. The van der Waals surface area contributed by atoms with Crippen LogP contribution in [0.1, 0.15) is 48.4 Å². The lowest BCUT2D eigenvalue weighted by atomic mass is 10.1. The second-order valence-corrected chi connectivity index (χ2v) is 5.66. The SMILES string of the molecule is CCCC(NC(=O)c1ccc(CC)cc1)C(=O)NCc1ccco1. The Labute approximate surface area is 142 Å². The summed E-state index contributed by atoms with van der Waals surface area (Å²) in [4.78, 5) is 24.7. The van der Waals surface area contributed by atoms with Crippen molar-refractivity contribution < 1.29 is 14.0 Å². The molecule has 0 radical (unpaired) electrons. The van der Waals surface area contributed by atoms with E-state index in [1.165, 1.54) is 5.56 Å². The van der Waals surface area contributed by atoms with Crippen LogP contribution in [-0.2, 0) is 17.8 Å². The molecule has 5 nitrogen and oxygen atoms in total. The Morgan fingerprint density at radius 3 is 2.46 bits per heavy atom. The molecule has 1 unspecified atom stereocenters. The van der Waals surface area contributed by atoms with Gasteiger partial charge in [-0.15, -0.1) is 0 Å². The van der Waals surface area contributed by atoms with E-state index in [1.54, 1.807) is 30.5 Å². The minimum atomic E-state index is -0.552. The van der Waals surface area contributed by atoms with Crippen LogP contribution in [0.15, 0.2) is 47.1 Å². The van der Waals surface area contributed by atoms with E-state index in [0.29, 0.717) is 24.3 Å². The molecule has 1 aromatic heterocycles. The van der Waals surface area contributed by atoms with E-state index in [4.69, 9.17) is 4.42 Å². The molecule has 0 aliphatic carbocycles. The first-order valence-electron chi connectivity index (χ1n) is 8.34. The molecule has 1 atom stereocenters. The molecule has 2 N–H and O–H groups in total. The number of rotatable bonds is 8. The zero-order valence-corrected chi connectivity index (χ0v) is 14.2. The first kappa shape index (κ1) is 17.8. The summed E-state index contributed by atoms with van der Waals surface area (Å²) in [5, 5.41) is 5.62. The van der Waals surface area contributed by atoms with Crippen LogP contribution in [0.3, 0.4) is 0 Å². The van der Waals surface area contributed by atoms with Crippen LogP contribution in [0, 0.1) is 0 Å². The van der Waals surface area contributed by atoms with E-state index in [1.807, 2.05) is 19.1 Å². The highest BCUT2D eigenvalue weighted by molar-refractivity contribution is 5.97. The maximum atomic E-state index is 12.4. The van der Waals surface area contributed by atoms with Crippen LogP contribution >= 0.6 is 0 Å². The number of furan rings is 1. The molecule has 5 heteroatoms. The fourth-order valence-corrected chi connectivity index (χ4v) is 2.40. The minimum absolute atomic E-state index is 0.202. The molecular weight excluding hydrogens is 304 g/mol. The van der Waals surface area contributed by atoms with Gasteiger partial charge in [-0.25, -0.2) is 0 Å². The molecular formula is C19H24N2O3. The lowest BCUT2D eigenvalue weighted by Crippen LogP contribution is -2.46. The average Bonchev–Trinajstić information content (AvgIpc) is 3.12. The molecule has 2 amide bonds. The van der Waals surface area contributed by atoms with Gasteiger partial charge in [-0.1, -0.05) is 32.4 Å². The zero-order valence-electron chi connectivity index (χ0n) is 14.2. The number of benzene rings is 1. The van der Waals surface area contributed by atoms with Gasteiger partial charge in [0.1, 0.15) is 11.8 Å². The third-order valence-electron chi connectivity index (χ3n) is 3.84. The summed E-state index contributed by atoms with van der Waals surface area (Å²) in [5.74, 6) is 0.246. The highest BCUT2D eigenvalue weighted by Crippen LogP contribution is 2.07. The predicted molar refractivity (Wildman–Crippen MR) is 92.5 cm³/mol. The summed E-state index contributed by atoms with van der Waals surface area (Å²) in [5.41, 5.74) is 1.74. The van der Waals surface area contributed by atoms with Gasteiger partial charge in [-0.3, -0.25) is 9.59 Å². The molecule has 0 fully saturated rings. The highest BCUT2D eigenvalue weighted by atomic mass is 16.3. The van der Waals surface area contributed by atoms with Gasteiger partial charge >= 0.3 is 0 Å². The molecule has 0 aliphatic rings. The maximum absolute atomic E-state index is 12.4. The molecule has 0 spiro atoms. The van der Waals surface area contributed by atoms with E-state index in [2.05, 4.69) is 17.6 Å². The number of amides is 2. The zero-order chi connectivity index (χ0) is 17.4. The van der Waals surface area contributed by atoms with Gasteiger partial charge in [-0.2, -0.15) is 0 Å². The Bertz CT molecular complexity index is 648. The lowest BCUT2D eigenvalue weighted by Gasteiger charge is -2.17. The summed E-state index contributed by atoms with van der Waals surface area (Å²) in [6.07, 6.45) is 3.87. The van der Waals surface area contributed by atoms with Crippen molar-refractivity contribution in [2.24, 2.45) is 0 Å². The Hall–Kier alpha value is -2.56. The Balaban J connectivity index is 1.95. The van der Waals surface area contributed by atoms with Crippen LogP contribution in [0.5, 0.6) is 0 Å². The maximum Gasteiger partial charge on any atom is 0.251 e. The van der Waals surface area contributed by atoms with Gasteiger partial charge in [-0.05, 0) is 42.7 Å². The summed E-state index contributed by atoms with van der Waals surface area (Å²) in [6.45, 7) is 4.36. The van der Waals surface area contributed by atoms with Crippen molar-refractivity contribution >= 4 is 11.8 Å². The van der Waals surface area contributed by atoms with Crippen LogP contribution in [0.4, 0.5) is 0 Å². The molecule has 2 aromatic rings. The number of carbonyl (C=O) groups is 2. The predicted octanol–water partition coefficient (Wildman–Crippen LogP) is 3.06. The van der Waals surface area contributed by atoms with Gasteiger partial charge in [0.25, 0.3) is 5.91 Å². The van der Waals surface area contributed by atoms with Gasteiger partial charge in [0.2, 0.25) is 5.91 Å². The van der Waals surface area contributed by atoms with Gasteiger partial charge < -0.3 is 15.1 Å². The summed E-state index contributed by atoms with van der Waals surface area (Å²) in [7, 11) is 0. The van der Waals surface area contributed by atoms with E-state index in [0.717, 1.165) is 12.8 Å². The second kappa shape index (κ2) is 8.91. The fourth-order valence-electron chi connectivity index (χ4n) is 2.40. The molecule has 2 rings (SSSR count). The van der Waals surface area contributed by atoms with Crippen molar-refractivity contribution in [3.8, 4) is 0 Å². The fraction of sp³-hybridized carbons (Fsp3) is 0.368. The van der Waals surface area contributed by atoms with Gasteiger partial charge in [0, 0.05) is 5.56 Å². The monoisotopic (exact) mass is 328 g/mol. The van der Waals surface area contributed by atoms with Gasteiger partial charge in [0.05, 0.1) is 12.8 Å². The lowest BCUT2D eigenvalue weighted by molar-refractivity contribution is -0.123. The number of hydrogen-bond donors (Lipinski definition) is 2. The topological polar surface area (TPSA) is 71.3 Å². The summed E-state index contributed by atoms with van der Waals surface area (Å²) in [6, 6.07) is 10.5. The smallest absolute Gasteiger partial charge is 0.251 e. The number of hydrogen-bond acceptors (Lipinski definition) is 3. The summed E-state index contributed by atoms with van der Waals surface area (Å²) < 4.78 is 5.19. The van der Waals surface area contributed by atoms with Gasteiger partial charge in [0.15, 0.2) is 0 Å². The first-order valence-corrected chi connectivity index (χ1v) is 8.34. The van der Waals surface area contributed by atoms with E-state index in [-0.39, 0.29) is 11.8 Å². The van der Waals surface area contributed by atoms with Crippen LogP contribution in [-0.4, -0.2) is 17.9 Å². The Kier molecular flexibility index (Phi) is 6.61. The first-order chi connectivity index (χ1) is 11.6. The summed E-state index contributed by atoms with van der Waals surface area (Å²) >= 11 is 0. The molecule has 1 aromatic carbocycles. The third kappa shape index (κ3) is 4.98. The molecule has 1 heterocycles. The average molecular weight is 328 g/mol. The molecule has 128 valence electrons. The van der Waals surface area contributed by atoms with Crippen molar-refractivity contribution in [3.63, 3.8) is 0 Å². The van der Waals surface area contributed by atoms with Crippen molar-refractivity contribution in [2.45, 2.75) is 45.7 Å². The van der Waals surface area contributed by atoms with Crippen LogP contribution in [0.2, 0.25) is 0 Å². The van der Waals surface area contributed by atoms with E-state index < -0.39 is 6.04 Å². The van der Waals surface area contributed by atoms with Crippen molar-refractivity contribution in [2.75, 3.05) is 0 Å². The van der Waals surface area contributed by atoms with E-state index >= 15 is 0 Å². The van der Waals surface area contributed by atoms with E-state index in [9.17, 15) is 9.59 Å². The Morgan fingerprint density at radius 2 is 1.88 bits per heavy atom. The standard InChI is InChI=1S/C19H24N2O3/c1-3-6-17(19(23)20-13-16-7-5-12-24-16)21-18(22)15-10-8-14(4-2)9-11-15/h5,7-12,17H,3-4,6,13H2,1-2H3,(H,20,23)(H,21,22). The molecule has 24 heavy (non-hydrogen) atoms. The minimum Gasteiger partial charge on any atom is -0.467 e. The van der Waals surface area contributed by atoms with Crippen molar-refractivity contribution in [1.82, 2.24) is 10.6 Å². The molecule has 0 aliphatic heterocycles. The quantitative estimate of drug-likeness (QED) is 0.782. The second-order valence-electron chi connectivity index (χ2n) is 5.66. The molecule has 0 saturated heterocycles. The van der Waals surface area contributed by atoms with Crippen LogP contribution < -0.4 is 10.6 Å². The highest BCUT2D eigenvalue weighted by Gasteiger charge is 2.20. The normalized spacial score (nSPS) is 11.8. The Morgan fingerprint density at radius 1 is 1.12 bits per heavy atom. The van der Waals surface area contributed by atoms with Crippen LogP contribution in [0.25, 0.3) is 0 Å².